The van der Waals surface area contributed by atoms with Gasteiger partial charge in [0.15, 0.2) is 0 Å². The first-order chi connectivity index (χ1) is 12.1. The standard InChI is InChI=1S/C17H14ClN3O3S/c18-11-5-6-15(21(23)24)13(9-11)17(22)19-7-8-25-16-10-20-14-4-2-1-3-12(14)16/h1-6,9-10,20H,7-8H2,(H,19,22). The van der Waals surface area contributed by atoms with Crippen LogP contribution >= 0.6 is 23.4 Å². The lowest BCUT2D eigenvalue weighted by Crippen LogP contribution is -2.26. The Morgan fingerprint density at radius 1 is 1.28 bits per heavy atom. The average molecular weight is 376 g/mol. The van der Waals surface area contributed by atoms with Crippen molar-refractivity contribution in [2.45, 2.75) is 4.90 Å². The van der Waals surface area contributed by atoms with E-state index in [1.807, 2.05) is 30.5 Å². The Bertz CT molecular complexity index is 942. The lowest BCUT2D eigenvalue weighted by molar-refractivity contribution is -0.385. The van der Waals surface area contributed by atoms with Crippen molar-refractivity contribution < 1.29 is 9.72 Å². The van der Waals surface area contributed by atoms with Crippen molar-refractivity contribution in [2.75, 3.05) is 12.3 Å². The zero-order chi connectivity index (χ0) is 17.8. The van der Waals surface area contributed by atoms with E-state index in [4.69, 9.17) is 11.6 Å². The molecular weight excluding hydrogens is 362 g/mol. The number of carbonyl (C=O) groups is 1. The number of amides is 1. The highest BCUT2D eigenvalue weighted by atomic mass is 35.5. The molecule has 1 aromatic heterocycles. The van der Waals surface area contributed by atoms with Crippen molar-refractivity contribution in [3.05, 3.63) is 69.4 Å². The van der Waals surface area contributed by atoms with E-state index in [1.54, 1.807) is 11.8 Å². The molecule has 0 saturated carbocycles. The Morgan fingerprint density at radius 2 is 2.08 bits per heavy atom. The van der Waals surface area contributed by atoms with Crippen molar-refractivity contribution in [3.63, 3.8) is 0 Å². The molecule has 0 aliphatic heterocycles. The third-order valence-corrected chi connectivity index (χ3v) is 4.89. The number of benzene rings is 2. The molecule has 2 N–H and O–H groups in total. The van der Waals surface area contributed by atoms with Crippen LogP contribution in [-0.4, -0.2) is 28.1 Å². The predicted molar refractivity (Wildman–Crippen MR) is 99.5 cm³/mol. The highest BCUT2D eigenvalue weighted by Gasteiger charge is 2.20. The van der Waals surface area contributed by atoms with Gasteiger partial charge in [0.1, 0.15) is 5.56 Å². The van der Waals surface area contributed by atoms with Crippen LogP contribution in [0, 0.1) is 10.1 Å². The van der Waals surface area contributed by atoms with Gasteiger partial charge in [-0.15, -0.1) is 11.8 Å². The van der Waals surface area contributed by atoms with Crippen molar-refractivity contribution in [3.8, 4) is 0 Å². The minimum absolute atomic E-state index is 0.0328. The molecule has 0 fully saturated rings. The summed E-state index contributed by atoms with van der Waals surface area (Å²) in [5.74, 6) is 0.135. The number of halogens is 1. The fourth-order valence-electron chi connectivity index (χ4n) is 2.43. The van der Waals surface area contributed by atoms with Gasteiger partial charge in [-0.1, -0.05) is 29.8 Å². The molecule has 8 heteroatoms. The number of aromatic nitrogens is 1. The Morgan fingerprint density at radius 3 is 2.88 bits per heavy atom. The molecule has 0 aliphatic carbocycles. The summed E-state index contributed by atoms with van der Waals surface area (Å²) < 4.78 is 0. The molecule has 2 aromatic carbocycles. The first-order valence-corrected chi connectivity index (χ1v) is 8.83. The van der Waals surface area contributed by atoms with Gasteiger partial charge >= 0.3 is 0 Å². The Kier molecular flexibility index (Phi) is 5.25. The van der Waals surface area contributed by atoms with Crippen molar-refractivity contribution in [1.29, 1.82) is 0 Å². The van der Waals surface area contributed by atoms with E-state index in [9.17, 15) is 14.9 Å². The maximum Gasteiger partial charge on any atom is 0.282 e. The average Bonchev–Trinajstić information content (AvgIpc) is 3.01. The molecule has 0 radical (unpaired) electrons. The van der Waals surface area contributed by atoms with Gasteiger partial charge in [0.2, 0.25) is 0 Å². The molecule has 0 spiro atoms. The van der Waals surface area contributed by atoms with E-state index in [2.05, 4.69) is 10.3 Å². The second-order valence-corrected chi connectivity index (χ2v) is 6.79. The number of nitro groups is 1. The molecule has 1 amide bonds. The Hall–Kier alpha value is -2.51. The van der Waals surface area contributed by atoms with Crippen LogP contribution < -0.4 is 5.32 Å². The van der Waals surface area contributed by atoms with E-state index < -0.39 is 10.8 Å². The molecule has 0 atom stereocenters. The first-order valence-electron chi connectivity index (χ1n) is 7.47. The van der Waals surface area contributed by atoms with Gasteiger partial charge in [-0.3, -0.25) is 14.9 Å². The molecule has 0 unspecified atom stereocenters. The summed E-state index contributed by atoms with van der Waals surface area (Å²) in [6.45, 7) is 0.382. The fourth-order valence-corrected chi connectivity index (χ4v) is 3.51. The lowest BCUT2D eigenvalue weighted by atomic mass is 10.1. The number of para-hydroxylation sites is 1. The number of nitrogens with zero attached hydrogens (tertiary/aromatic N) is 1. The second-order valence-electron chi connectivity index (χ2n) is 5.22. The van der Waals surface area contributed by atoms with Crippen LogP contribution in [-0.2, 0) is 0 Å². The Balaban J connectivity index is 1.60. The van der Waals surface area contributed by atoms with Crippen LogP contribution in [0.4, 0.5) is 5.69 Å². The number of H-pyrrole nitrogens is 1. The van der Waals surface area contributed by atoms with Crippen LogP contribution in [0.5, 0.6) is 0 Å². The van der Waals surface area contributed by atoms with Crippen LogP contribution in [0.15, 0.2) is 53.6 Å². The second kappa shape index (κ2) is 7.58. The van der Waals surface area contributed by atoms with E-state index in [1.165, 1.54) is 18.2 Å². The summed E-state index contributed by atoms with van der Waals surface area (Å²) in [6.07, 6.45) is 1.93. The summed E-state index contributed by atoms with van der Waals surface area (Å²) in [6, 6.07) is 11.9. The zero-order valence-electron chi connectivity index (χ0n) is 13.0. The van der Waals surface area contributed by atoms with Gasteiger partial charge < -0.3 is 10.3 Å². The topological polar surface area (TPSA) is 88.0 Å². The number of nitro benzene ring substituents is 1. The highest BCUT2D eigenvalue weighted by molar-refractivity contribution is 7.99. The quantitative estimate of drug-likeness (QED) is 0.292. The molecule has 0 aliphatic rings. The number of carbonyl (C=O) groups excluding carboxylic acids is 1. The molecule has 128 valence electrons. The molecule has 25 heavy (non-hydrogen) atoms. The predicted octanol–water partition coefficient (Wildman–Crippen LogP) is 4.25. The molecule has 3 aromatic rings. The number of aromatic amines is 1. The summed E-state index contributed by atoms with van der Waals surface area (Å²) in [7, 11) is 0. The molecule has 0 bridgehead atoms. The molecular formula is C17H14ClN3O3S. The number of hydrogen-bond donors (Lipinski definition) is 2. The van der Waals surface area contributed by atoms with Gasteiger partial charge in [0.05, 0.1) is 4.92 Å². The SMILES string of the molecule is O=C(NCCSc1c[nH]c2ccccc12)c1cc(Cl)ccc1[N+](=O)[O-]. The highest BCUT2D eigenvalue weighted by Crippen LogP contribution is 2.27. The molecule has 1 heterocycles. The van der Waals surface area contributed by atoms with Crippen molar-refractivity contribution in [2.24, 2.45) is 0 Å². The van der Waals surface area contributed by atoms with Crippen LogP contribution in [0.1, 0.15) is 10.4 Å². The number of rotatable bonds is 6. The van der Waals surface area contributed by atoms with E-state index >= 15 is 0 Å². The lowest BCUT2D eigenvalue weighted by Gasteiger charge is -2.06. The normalized spacial score (nSPS) is 10.8. The number of hydrogen-bond acceptors (Lipinski definition) is 4. The van der Waals surface area contributed by atoms with E-state index in [0.29, 0.717) is 12.3 Å². The van der Waals surface area contributed by atoms with E-state index in [0.717, 1.165) is 15.8 Å². The van der Waals surface area contributed by atoms with Crippen molar-refractivity contribution in [1.82, 2.24) is 10.3 Å². The summed E-state index contributed by atoms with van der Waals surface area (Å²) in [5, 5.41) is 15.1. The number of fused-ring (bicyclic) bond motifs is 1. The Labute approximate surface area is 152 Å². The number of thioether (sulfide) groups is 1. The monoisotopic (exact) mass is 375 g/mol. The van der Waals surface area contributed by atoms with Crippen LogP contribution in [0.3, 0.4) is 0 Å². The largest absolute Gasteiger partial charge is 0.360 e. The first kappa shape index (κ1) is 17.3. The summed E-state index contributed by atoms with van der Waals surface area (Å²) >= 11 is 7.44. The van der Waals surface area contributed by atoms with Crippen LogP contribution in [0.2, 0.25) is 5.02 Å². The molecule has 0 saturated heterocycles. The van der Waals surface area contributed by atoms with E-state index in [-0.39, 0.29) is 16.3 Å². The number of nitrogens with one attached hydrogen (secondary N) is 2. The molecule has 6 nitrogen and oxygen atoms in total. The maximum atomic E-state index is 12.2. The van der Waals surface area contributed by atoms with Gasteiger partial charge in [-0.05, 0) is 18.2 Å². The zero-order valence-corrected chi connectivity index (χ0v) is 14.6. The van der Waals surface area contributed by atoms with Gasteiger partial charge in [-0.2, -0.15) is 0 Å². The fraction of sp³-hybridized carbons (Fsp3) is 0.118. The summed E-state index contributed by atoms with van der Waals surface area (Å²) in [5.41, 5.74) is 0.768. The third-order valence-electron chi connectivity index (χ3n) is 3.60. The van der Waals surface area contributed by atoms with Gasteiger partial charge in [-0.25, -0.2) is 0 Å². The van der Waals surface area contributed by atoms with Gasteiger partial charge in [0, 0.05) is 45.4 Å². The molecule has 3 rings (SSSR count). The third kappa shape index (κ3) is 3.94. The maximum absolute atomic E-state index is 12.2. The smallest absolute Gasteiger partial charge is 0.282 e. The van der Waals surface area contributed by atoms with Crippen LogP contribution in [0.25, 0.3) is 10.9 Å². The minimum Gasteiger partial charge on any atom is -0.360 e. The summed E-state index contributed by atoms with van der Waals surface area (Å²) in [4.78, 5) is 26.9. The van der Waals surface area contributed by atoms with Crippen molar-refractivity contribution >= 4 is 45.9 Å². The minimum atomic E-state index is -0.591. The van der Waals surface area contributed by atoms with Gasteiger partial charge in [0.25, 0.3) is 11.6 Å².